The van der Waals surface area contributed by atoms with Crippen LogP contribution in [0.15, 0.2) is 55.6 Å². The maximum absolute atomic E-state index is 14.8. The number of likely N-dealkylation sites (tertiary alicyclic amines) is 1. The van der Waals surface area contributed by atoms with Gasteiger partial charge in [0.1, 0.15) is 6.04 Å². The normalized spacial score (nSPS) is 28.7. The Morgan fingerprint density at radius 3 is 2.41 bits per heavy atom. The molecule has 3 amide bonds. The molecule has 1 aromatic rings. The third-order valence-electron chi connectivity index (χ3n) is 9.94. The Bertz CT molecular complexity index is 1230. The molecule has 1 spiro atoms. The van der Waals surface area contributed by atoms with Crippen molar-refractivity contribution in [2.24, 2.45) is 11.8 Å². The summed E-state index contributed by atoms with van der Waals surface area (Å²) in [7, 11) is 0. The lowest BCUT2D eigenvalue weighted by Crippen LogP contribution is -2.56. The minimum absolute atomic E-state index is 0.0128. The maximum atomic E-state index is 14.8. The molecule has 3 unspecified atom stereocenters. The van der Waals surface area contributed by atoms with E-state index in [0.29, 0.717) is 52.4 Å². The van der Waals surface area contributed by atoms with Crippen molar-refractivity contribution < 1.29 is 24.2 Å². The first-order valence-corrected chi connectivity index (χ1v) is 18.5. The average Bonchev–Trinajstić information content (AvgIpc) is 3.66. The summed E-state index contributed by atoms with van der Waals surface area (Å²) in [4.78, 5) is 51.7. The molecule has 5 rings (SSSR count). The second-order valence-electron chi connectivity index (χ2n) is 12.9. The number of aliphatic hydroxyl groups excluding tert-OH is 1. The molecule has 252 valence electrons. The Labute approximate surface area is 286 Å². The fourth-order valence-corrected chi connectivity index (χ4v) is 11.4. The van der Waals surface area contributed by atoms with Crippen LogP contribution in [-0.4, -0.2) is 129 Å². The van der Waals surface area contributed by atoms with Crippen LogP contribution in [0, 0.1) is 11.8 Å². The van der Waals surface area contributed by atoms with E-state index < -0.39 is 22.6 Å². The number of alkyl halides is 1. The van der Waals surface area contributed by atoms with Gasteiger partial charge in [-0.2, -0.15) is 0 Å². The van der Waals surface area contributed by atoms with Crippen molar-refractivity contribution in [1.29, 1.82) is 0 Å². The van der Waals surface area contributed by atoms with E-state index in [0.717, 1.165) is 50.9 Å². The van der Waals surface area contributed by atoms with E-state index in [-0.39, 0.29) is 34.4 Å². The molecule has 4 heterocycles. The van der Waals surface area contributed by atoms with Crippen LogP contribution < -0.4 is 0 Å². The maximum Gasteiger partial charge on any atom is 0.247 e. The predicted octanol–water partition coefficient (Wildman–Crippen LogP) is 3.57. The zero-order valence-electron chi connectivity index (χ0n) is 26.8. The number of aliphatic hydroxyl groups is 1. The summed E-state index contributed by atoms with van der Waals surface area (Å²) in [5.41, 5.74) is 1.02. The highest BCUT2D eigenvalue weighted by Gasteiger charge is 2.76. The van der Waals surface area contributed by atoms with Crippen LogP contribution in [0.4, 0.5) is 0 Å². The third kappa shape index (κ3) is 7.28. The summed E-state index contributed by atoms with van der Waals surface area (Å²) in [6.45, 7) is 14.0. The smallest absolute Gasteiger partial charge is 0.247 e. The average molecular weight is 718 g/mol. The first kappa shape index (κ1) is 35.1. The molecule has 46 heavy (non-hydrogen) atoms. The molecule has 9 nitrogen and oxygen atoms in total. The van der Waals surface area contributed by atoms with Gasteiger partial charge in [0, 0.05) is 69.0 Å². The van der Waals surface area contributed by atoms with E-state index >= 15 is 0 Å². The van der Waals surface area contributed by atoms with Crippen LogP contribution in [0.5, 0.6) is 0 Å². The Morgan fingerprint density at radius 2 is 1.72 bits per heavy atom. The topological polar surface area (TPSA) is 93.6 Å². The van der Waals surface area contributed by atoms with Gasteiger partial charge >= 0.3 is 0 Å². The molecular formula is C35H49BrN4O5S. The van der Waals surface area contributed by atoms with Gasteiger partial charge in [-0.25, -0.2) is 0 Å². The molecule has 2 bridgehead atoms. The van der Waals surface area contributed by atoms with E-state index in [9.17, 15) is 19.5 Å². The highest BCUT2D eigenvalue weighted by molar-refractivity contribution is 9.09. The molecule has 4 aliphatic rings. The number of amides is 3. The van der Waals surface area contributed by atoms with Crippen LogP contribution >= 0.6 is 27.7 Å². The van der Waals surface area contributed by atoms with Crippen molar-refractivity contribution in [3.63, 3.8) is 0 Å². The number of ether oxygens (including phenoxy) is 1. The second kappa shape index (κ2) is 16.3. The first-order valence-electron chi connectivity index (χ1n) is 16.7. The molecule has 4 fully saturated rings. The molecule has 6 atom stereocenters. The number of halogens is 1. The van der Waals surface area contributed by atoms with Crippen LogP contribution in [0.1, 0.15) is 37.7 Å². The van der Waals surface area contributed by atoms with Gasteiger partial charge in [-0.1, -0.05) is 71.3 Å². The standard InChI is InChI=1S/C35H49BrN4O5S/c1-3-14-38(18-17-37-19-22-45-23-20-37)34(44)31-35-24-27(36)30(46-35)28(29(35)33(43)40(31)16-10-5-6-11-21-41)32(42)39(15-4-2)25-26-12-8-7-9-13-26/h3-4,7-9,12-13,27-31,41H,1-2,5-6,10-11,14-25H2/t27?,28-,29+,30-,31?,35?/m1/s1. The highest BCUT2D eigenvalue weighted by Crippen LogP contribution is 2.68. The third-order valence-corrected chi connectivity index (χ3v) is 13.2. The number of morpholine rings is 1. The van der Waals surface area contributed by atoms with Gasteiger partial charge in [-0.05, 0) is 24.8 Å². The van der Waals surface area contributed by atoms with E-state index in [1.165, 1.54) is 0 Å². The summed E-state index contributed by atoms with van der Waals surface area (Å²) in [6, 6.07) is 9.25. The van der Waals surface area contributed by atoms with Crippen molar-refractivity contribution in [2.75, 3.05) is 65.6 Å². The van der Waals surface area contributed by atoms with Crippen LogP contribution in [-0.2, 0) is 25.7 Å². The monoisotopic (exact) mass is 716 g/mol. The number of hydrogen-bond acceptors (Lipinski definition) is 7. The van der Waals surface area contributed by atoms with Crippen molar-refractivity contribution in [3.8, 4) is 0 Å². The molecule has 0 aliphatic carbocycles. The van der Waals surface area contributed by atoms with Gasteiger partial charge in [0.05, 0.1) is 29.8 Å². The van der Waals surface area contributed by atoms with Gasteiger partial charge in [0.2, 0.25) is 17.7 Å². The number of carbonyl (C=O) groups excluding carboxylic acids is 3. The summed E-state index contributed by atoms with van der Waals surface area (Å²) >= 11 is 5.61. The molecule has 4 aliphatic heterocycles. The molecule has 0 saturated carbocycles. The lowest BCUT2D eigenvalue weighted by Gasteiger charge is -2.39. The summed E-state index contributed by atoms with van der Waals surface area (Å²) in [5, 5.41) is 9.17. The van der Waals surface area contributed by atoms with Crippen LogP contribution in [0.2, 0.25) is 0 Å². The number of thioether (sulfide) groups is 1. The fourth-order valence-electron chi connectivity index (χ4n) is 7.79. The highest BCUT2D eigenvalue weighted by atomic mass is 79.9. The SMILES string of the molecule is C=CCN(CCN1CCOCC1)C(=O)C1N(CCCCCCO)C(=O)[C@@H]2[C@@H](C(=O)N(CC=C)Cc3ccccc3)[C@@H]3SC12CC3Br. The zero-order chi connectivity index (χ0) is 32.7. The molecule has 1 aromatic carbocycles. The van der Waals surface area contributed by atoms with E-state index in [1.807, 2.05) is 45.0 Å². The molecule has 0 aromatic heterocycles. The number of rotatable bonds is 17. The van der Waals surface area contributed by atoms with Gasteiger partial charge in [0.15, 0.2) is 0 Å². The summed E-state index contributed by atoms with van der Waals surface area (Å²) in [5.74, 6) is -1.26. The number of fused-ring (bicyclic) bond motifs is 1. The van der Waals surface area contributed by atoms with Gasteiger partial charge in [-0.15, -0.1) is 24.9 Å². The van der Waals surface area contributed by atoms with E-state index in [2.05, 4.69) is 34.0 Å². The van der Waals surface area contributed by atoms with Gasteiger partial charge in [-0.3, -0.25) is 19.3 Å². The zero-order valence-corrected chi connectivity index (χ0v) is 29.2. The largest absolute Gasteiger partial charge is 0.396 e. The lowest BCUT2D eigenvalue weighted by molar-refractivity contribution is -0.145. The van der Waals surface area contributed by atoms with E-state index in [1.54, 1.807) is 23.9 Å². The minimum Gasteiger partial charge on any atom is -0.396 e. The Hall–Kier alpha value is -2.18. The molecule has 1 N–H and O–H groups in total. The quantitative estimate of drug-likeness (QED) is 0.150. The van der Waals surface area contributed by atoms with Crippen molar-refractivity contribution in [2.45, 2.75) is 59.5 Å². The number of carbonyl (C=O) groups is 3. The van der Waals surface area contributed by atoms with Gasteiger partial charge in [0.25, 0.3) is 0 Å². The number of unbranched alkanes of at least 4 members (excludes halogenated alkanes) is 3. The molecule has 4 saturated heterocycles. The second-order valence-corrected chi connectivity index (χ2v) is 15.6. The number of benzene rings is 1. The van der Waals surface area contributed by atoms with Crippen molar-refractivity contribution >= 4 is 45.4 Å². The summed E-state index contributed by atoms with van der Waals surface area (Å²) < 4.78 is 4.82. The molecular weight excluding hydrogens is 668 g/mol. The minimum atomic E-state index is -0.691. The van der Waals surface area contributed by atoms with E-state index in [4.69, 9.17) is 4.74 Å². The Kier molecular flexibility index (Phi) is 12.4. The number of hydrogen-bond donors (Lipinski definition) is 1. The lowest BCUT2D eigenvalue weighted by atomic mass is 9.70. The van der Waals surface area contributed by atoms with Crippen molar-refractivity contribution in [3.05, 3.63) is 61.2 Å². The predicted molar refractivity (Wildman–Crippen MR) is 186 cm³/mol. The van der Waals surface area contributed by atoms with Crippen LogP contribution in [0.25, 0.3) is 0 Å². The summed E-state index contributed by atoms with van der Waals surface area (Å²) in [6.07, 6.45) is 7.35. The number of nitrogens with zero attached hydrogens (tertiary/aromatic N) is 4. The molecule has 11 heteroatoms. The van der Waals surface area contributed by atoms with Gasteiger partial charge < -0.3 is 24.5 Å². The first-order chi connectivity index (χ1) is 22.4. The van der Waals surface area contributed by atoms with Crippen molar-refractivity contribution in [1.82, 2.24) is 19.6 Å². The Morgan fingerprint density at radius 1 is 1.02 bits per heavy atom. The van der Waals surface area contributed by atoms with Crippen LogP contribution in [0.3, 0.4) is 0 Å². The Balaban J connectivity index is 1.44. The molecule has 0 radical (unpaired) electrons. The fraction of sp³-hybridized carbons (Fsp3) is 0.629.